The molecule has 2 aliphatic rings. The Morgan fingerprint density at radius 1 is 1.03 bits per heavy atom. The van der Waals surface area contributed by atoms with E-state index in [1.807, 2.05) is 29.3 Å². The fourth-order valence-electron chi connectivity index (χ4n) is 5.00. The van der Waals surface area contributed by atoms with Crippen LogP contribution >= 0.6 is 0 Å². The van der Waals surface area contributed by atoms with E-state index in [4.69, 9.17) is 0 Å². The lowest BCUT2D eigenvalue weighted by molar-refractivity contribution is -0.118. The second-order valence-electron chi connectivity index (χ2n) is 8.71. The number of aromatic nitrogens is 1. The molecule has 6 nitrogen and oxygen atoms in total. The minimum absolute atomic E-state index is 0.00353. The van der Waals surface area contributed by atoms with E-state index in [1.54, 1.807) is 0 Å². The average molecular weight is 411 g/mol. The van der Waals surface area contributed by atoms with Crippen LogP contribution in [0.25, 0.3) is 10.9 Å². The van der Waals surface area contributed by atoms with Crippen LogP contribution in [-0.4, -0.2) is 64.9 Å². The maximum atomic E-state index is 13.4. The number of nitrogens with zero attached hydrogens (tertiary/aromatic N) is 3. The maximum Gasteiger partial charge on any atom is 0.256 e. The first-order chi connectivity index (χ1) is 14.6. The maximum absolute atomic E-state index is 13.4. The molecule has 0 spiro atoms. The molecule has 0 bridgehead atoms. The summed E-state index contributed by atoms with van der Waals surface area (Å²) in [6.45, 7) is 7.12. The first kappa shape index (κ1) is 20.9. The highest BCUT2D eigenvalue weighted by atomic mass is 16.2. The summed E-state index contributed by atoms with van der Waals surface area (Å²) in [5.41, 5.74) is 1.90. The Kier molecular flexibility index (Phi) is 6.72. The van der Waals surface area contributed by atoms with Gasteiger partial charge in [-0.05, 0) is 51.3 Å². The summed E-state index contributed by atoms with van der Waals surface area (Å²) < 4.78 is 2.16. The third-order valence-corrected chi connectivity index (χ3v) is 6.63. The Hall–Kier alpha value is -2.34. The SMILES string of the molecule is CC(=O)NCCCn1cc(C(=O)N2CCC(N3CCCCC3)CC2)c2ccccc21. The first-order valence-electron chi connectivity index (χ1n) is 11.5. The van der Waals surface area contributed by atoms with Gasteiger partial charge in [-0.2, -0.15) is 0 Å². The molecule has 0 unspecified atom stereocenters. The van der Waals surface area contributed by atoms with Crippen molar-refractivity contribution < 1.29 is 9.59 Å². The second kappa shape index (κ2) is 9.65. The molecule has 6 heteroatoms. The van der Waals surface area contributed by atoms with E-state index in [9.17, 15) is 9.59 Å². The molecular weight excluding hydrogens is 376 g/mol. The van der Waals surface area contributed by atoms with Gasteiger partial charge in [-0.15, -0.1) is 0 Å². The van der Waals surface area contributed by atoms with Crippen molar-refractivity contribution in [3.05, 3.63) is 36.0 Å². The van der Waals surface area contributed by atoms with Gasteiger partial charge in [0.1, 0.15) is 0 Å². The number of carbonyl (C=O) groups is 2. The van der Waals surface area contributed by atoms with Crippen LogP contribution in [0.5, 0.6) is 0 Å². The van der Waals surface area contributed by atoms with Crippen LogP contribution in [0.3, 0.4) is 0 Å². The van der Waals surface area contributed by atoms with E-state index < -0.39 is 0 Å². The number of rotatable bonds is 6. The van der Waals surface area contributed by atoms with Crippen LogP contribution in [0.2, 0.25) is 0 Å². The molecule has 2 aliphatic heterocycles. The van der Waals surface area contributed by atoms with Crippen molar-refractivity contribution >= 4 is 22.7 Å². The van der Waals surface area contributed by atoms with Crippen molar-refractivity contribution in [1.82, 2.24) is 19.7 Å². The number of fused-ring (bicyclic) bond motifs is 1. The Morgan fingerprint density at radius 3 is 2.50 bits per heavy atom. The molecule has 2 aromatic rings. The molecule has 4 rings (SSSR count). The molecule has 0 saturated carbocycles. The molecule has 0 atom stereocenters. The van der Waals surface area contributed by atoms with Gasteiger partial charge in [0, 0.05) is 56.2 Å². The summed E-state index contributed by atoms with van der Waals surface area (Å²) >= 11 is 0. The van der Waals surface area contributed by atoms with Crippen molar-refractivity contribution in [3.8, 4) is 0 Å². The van der Waals surface area contributed by atoms with E-state index in [1.165, 1.54) is 39.3 Å². The van der Waals surface area contributed by atoms with Crippen LogP contribution in [0.1, 0.15) is 55.8 Å². The number of benzene rings is 1. The zero-order valence-electron chi connectivity index (χ0n) is 18.1. The van der Waals surface area contributed by atoms with Gasteiger partial charge in [-0.25, -0.2) is 0 Å². The zero-order chi connectivity index (χ0) is 20.9. The predicted octanol–water partition coefficient (Wildman–Crippen LogP) is 3.26. The van der Waals surface area contributed by atoms with Gasteiger partial charge in [0.15, 0.2) is 0 Å². The van der Waals surface area contributed by atoms with Gasteiger partial charge in [0.25, 0.3) is 5.91 Å². The highest BCUT2D eigenvalue weighted by molar-refractivity contribution is 6.07. The van der Waals surface area contributed by atoms with Gasteiger partial charge in [-0.1, -0.05) is 24.6 Å². The Bertz CT molecular complexity index is 876. The minimum atomic E-state index is -0.00353. The number of hydrogen-bond donors (Lipinski definition) is 1. The second-order valence-corrected chi connectivity index (χ2v) is 8.71. The number of aryl methyl sites for hydroxylation is 1. The highest BCUT2D eigenvalue weighted by Gasteiger charge is 2.29. The molecule has 2 amide bonds. The summed E-state index contributed by atoms with van der Waals surface area (Å²) in [6, 6.07) is 8.79. The van der Waals surface area contributed by atoms with Gasteiger partial charge in [0.2, 0.25) is 5.91 Å². The zero-order valence-corrected chi connectivity index (χ0v) is 18.1. The van der Waals surface area contributed by atoms with Crippen molar-refractivity contribution in [2.24, 2.45) is 0 Å². The van der Waals surface area contributed by atoms with Crippen LogP contribution in [-0.2, 0) is 11.3 Å². The standard InChI is InChI=1S/C24H34N4O2/c1-19(29)25-12-7-15-28-18-22(21-8-3-4-9-23(21)28)24(30)27-16-10-20(11-17-27)26-13-5-2-6-14-26/h3-4,8-9,18,20H,2,5-7,10-17H2,1H3,(H,25,29). The predicted molar refractivity (Wildman–Crippen MR) is 120 cm³/mol. The van der Waals surface area contributed by atoms with E-state index >= 15 is 0 Å². The van der Waals surface area contributed by atoms with Crippen molar-refractivity contribution in [1.29, 1.82) is 0 Å². The molecule has 162 valence electrons. The van der Waals surface area contributed by atoms with Crippen molar-refractivity contribution in [2.45, 2.75) is 58.0 Å². The van der Waals surface area contributed by atoms with Crippen LogP contribution in [0.4, 0.5) is 0 Å². The molecule has 1 N–H and O–H groups in total. The smallest absolute Gasteiger partial charge is 0.256 e. The molecule has 1 aromatic carbocycles. The van der Waals surface area contributed by atoms with E-state index in [-0.39, 0.29) is 11.8 Å². The average Bonchev–Trinajstić information content (AvgIpc) is 3.15. The lowest BCUT2D eigenvalue weighted by Crippen LogP contribution is -2.48. The number of piperidine rings is 2. The lowest BCUT2D eigenvalue weighted by Gasteiger charge is -2.40. The molecule has 2 saturated heterocycles. The number of nitrogens with one attached hydrogen (secondary N) is 1. The Labute approximate surface area is 179 Å². The lowest BCUT2D eigenvalue weighted by atomic mass is 9.99. The Morgan fingerprint density at radius 2 is 1.77 bits per heavy atom. The normalized spacial score (nSPS) is 18.6. The number of carbonyl (C=O) groups excluding carboxylic acids is 2. The summed E-state index contributed by atoms with van der Waals surface area (Å²) in [5.74, 6) is 0.153. The van der Waals surface area contributed by atoms with E-state index in [2.05, 4.69) is 20.9 Å². The largest absolute Gasteiger partial charge is 0.356 e. The highest BCUT2D eigenvalue weighted by Crippen LogP contribution is 2.26. The van der Waals surface area contributed by atoms with Crippen molar-refractivity contribution in [3.63, 3.8) is 0 Å². The Balaban J connectivity index is 1.42. The third-order valence-electron chi connectivity index (χ3n) is 6.63. The van der Waals surface area contributed by atoms with E-state index in [0.29, 0.717) is 12.6 Å². The molecule has 2 fully saturated rings. The van der Waals surface area contributed by atoms with Crippen LogP contribution in [0.15, 0.2) is 30.5 Å². The molecule has 1 aromatic heterocycles. The molecule has 0 aliphatic carbocycles. The minimum Gasteiger partial charge on any atom is -0.356 e. The first-order valence-corrected chi connectivity index (χ1v) is 11.5. The number of amides is 2. The van der Waals surface area contributed by atoms with Gasteiger partial charge < -0.3 is 19.7 Å². The quantitative estimate of drug-likeness (QED) is 0.744. The summed E-state index contributed by atoms with van der Waals surface area (Å²) in [4.78, 5) is 29.2. The van der Waals surface area contributed by atoms with Gasteiger partial charge >= 0.3 is 0 Å². The topological polar surface area (TPSA) is 57.6 Å². The fraction of sp³-hybridized carbons (Fsp3) is 0.583. The fourth-order valence-corrected chi connectivity index (χ4v) is 5.00. The van der Waals surface area contributed by atoms with E-state index in [0.717, 1.165) is 55.4 Å². The number of likely N-dealkylation sites (tertiary alicyclic amines) is 2. The summed E-state index contributed by atoms with van der Waals surface area (Å²) in [6.07, 6.45) is 9.02. The van der Waals surface area contributed by atoms with Gasteiger partial charge in [-0.3, -0.25) is 9.59 Å². The van der Waals surface area contributed by atoms with Gasteiger partial charge in [0.05, 0.1) is 5.56 Å². The van der Waals surface area contributed by atoms with Crippen molar-refractivity contribution in [2.75, 3.05) is 32.7 Å². The molecule has 3 heterocycles. The molecular formula is C24H34N4O2. The summed E-state index contributed by atoms with van der Waals surface area (Å²) in [5, 5.41) is 3.87. The molecule has 0 radical (unpaired) electrons. The summed E-state index contributed by atoms with van der Waals surface area (Å²) in [7, 11) is 0. The number of para-hydroxylation sites is 1. The third kappa shape index (κ3) is 4.69. The molecule has 30 heavy (non-hydrogen) atoms. The van der Waals surface area contributed by atoms with Crippen LogP contribution < -0.4 is 5.32 Å². The monoisotopic (exact) mass is 410 g/mol. The van der Waals surface area contributed by atoms with Crippen LogP contribution in [0, 0.1) is 0 Å². The number of hydrogen-bond acceptors (Lipinski definition) is 3.